The van der Waals surface area contributed by atoms with E-state index in [1.165, 1.54) is 6.20 Å². The Kier molecular flexibility index (Phi) is 6.95. The largest absolute Gasteiger partial charge is 0.433 e. The van der Waals surface area contributed by atoms with Crippen LogP contribution in [0.2, 0.25) is 0 Å². The van der Waals surface area contributed by atoms with E-state index in [1.54, 1.807) is 6.07 Å². The maximum atomic E-state index is 13.6. The highest BCUT2D eigenvalue weighted by Gasteiger charge is 2.39. The minimum atomic E-state index is -5.00. The van der Waals surface area contributed by atoms with Crippen LogP contribution in [0.1, 0.15) is 29.8 Å². The van der Waals surface area contributed by atoms with Crippen molar-refractivity contribution in [2.45, 2.75) is 31.2 Å². The molecule has 0 aliphatic carbocycles. The molecule has 0 saturated carbocycles. The summed E-state index contributed by atoms with van der Waals surface area (Å²) < 4.78 is 80.4. The zero-order chi connectivity index (χ0) is 27.0. The van der Waals surface area contributed by atoms with Gasteiger partial charge in [-0.2, -0.15) is 26.3 Å². The Morgan fingerprint density at radius 2 is 1.70 bits per heavy atom. The molecule has 1 aliphatic heterocycles. The lowest BCUT2D eigenvalue weighted by molar-refractivity contribution is -0.144. The summed E-state index contributed by atoms with van der Waals surface area (Å²) in [6.07, 6.45) is -6.05. The summed E-state index contributed by atoms with van der Waals surface area (Å²) in [4.78, 5) is 17.5. The highest BCUT2D eigenvalue weighted by atomic mass is 19.4. The van der Waals surface area contributed by atoms with Crippen LogP contribution in [0, 0.1) is 0 Å². The van der Waals surface area contributed by atoms with Crippen LogP contribution >= 0.6 is 0 Å². The Morgan fingerprint density at radius 3 is 2.35 bits per heavy atom. The molecule has 1 saturated heterocycles. The van der Waals surface area contributed by atoms with E-state index in [9.17, 15) is 26.3 Å². The van der Waals surface area contributed by atoms with Crippen molar-refractivity contribution in [1.29, 1.82) is 0 Å². The molecule has 14 heteroatoms. The van der Waals surface area contributed by atoms with Gasteiger partial charge in [-0.3, -0.25) is 0 Å². The zero-order valence-electron chi connectivity index (χ0n) is 19.2. The summed E-state index contributed by atoms with van der Waals surface area (Å²) in [6, 6.07) is 4.23. The molecular formula is C23H22F6N8. The number of rotatable bonds is 5. The highest BCUT2D eigenvalue weighted by Crippen LogP contribution is 2.38. The SMILES string of the molecule is C=C(Nc1ncccc1N1CCC(N)CC1)c1nc(-c2nc(C(F)(F)F)ccc2C(F)(F)F)cnc1N. The second-order valence-electron chi connectivity index (χ2n) is 8.38. The Labute approximate surface area is 207 Å². The fraction of sp³-hybridized carbons (Fsp3) is 0.304. The number of pyridine rings is 2. The van der Waals surface area contributed by atoms with E-state index in [0.717, 1.165) is 24.7 Å². The summed E-state index contributed by atoms with van der Waals surface area (Å²) in [7, 11) is 0. The van der Waals surface area contributed by atoms with Crippen LogP contribution in [0.3, 0.4) is 0 Å². The van der Waals surface area contributed by atoms with Crippen LogP contribution in [0.5, 0.6) is 0 Å². The number of nitrogens with one attached hydrogen (secondary N) is 1. The normalized spacial score (nSPS) is 15.1. The molecule has 0 amide bonds. The molecule has 0 radical (unpaired) electrons. The van der Waals surface area contributed by atoms with Gasteiger partial charge in [-0.15, -0.1) is 0 Å². The van der Waals surface area contributed by atoms with Gasteiger partial charge in [0.1, 0.15) is 22.8 Å². The molecule has 1 aliphatic rings. The monoisotopic (exact) mass is 524 g/mol. The first-order valence-electron chi connectivity index (χ1n) is 11.0. The quantitative estimate of drug-likeness (QED) is 0.416. The summed E-state index contributed by atoms with van der Waals surface area (Å²) in [5, 5.41) is 2.95. The molecule has 4 rings (SSSR count). The molecule has 8 nitrogen and oxygen atoms in total. The van der Waals surface area contributed by atoms with Gasteiger partial charge in [0, 0.05) is 25.3 Å². The van der Waals surface area contributed by atoms with Crippen molar-refractivity contribution in [2.75, 3.05) is 29.0 Å². The molecule has 0 bridgehead atoms. The van der Waals surface area contributed by atoms with E-state index in [4.69, 9.17) is 11.5 Å². The van der Waals surface area contributed by atoms with Gasteiger partial charge >= 0.3 is 12.4 Å². The molecule has 37 heavy (non-hydrogen) atoms. The van der Waals surface area contributed by atoms with Crippen molar-refractivity contribution >= 4 is 23.0 Å². The van der Waals surface area contributed by atoms with Crippen LogP contribution in [-0.4, -0.2) is 39.1 Å². The van der Waals surface area contributed by atoms with Crippen molar-refractivity contribution in [3.8, 4) is 11.4 Å². The predicted octanol–water partition coefficient (Wildman–Crippen LogP) is 4.56. The van der Waals surface area contributed by atoms with E-state index in [2.05, 4.69) is 36.7 Å². The number of hydrogen-bond acceptors (Lipinski definition) is 8. The maximum Gasteiger partial charge on any atom is 0.433 e. The van der Waals surface area contributed by atoms with Gasteiger partial charge in [0.05, 0.1) is 23.1 Å². The smallest absolute Gasteiger partial charge is 0.382 e. The summed E-state index contributed by atoms with van der Waals surface area (Å²) in [5.41, 5.74) is 7.97. The molecular weight excluding hydrogens is 502 g/mol. The minimum absolute atomic E-state index is 0.0287. The molecule has 1 fully saturated rings. The Bertz CT molecular complexity index is 1300. The summed E-state index contributed by atoms with van der Waals surface area (Å²) >= 11 is 0. The second-order valence-corrected chi connectivity index (χ2v) is 8.38. The number of nitrogen functional groups attached to an aromatic ring is 1. The van der Waals surface area contributed by atoms with Crippen LogP contribution in [0.15, 0.2) is 43.2 Å². The van der Waals surface area contributed by atoms with Gasteiger partial charge in [0.2, 0.25) is 0 Å². The number of nitrogens with two attached hydrogens (primary N) is 2. The molecule has 196 valence electrons. The third-order valence-corrected chi connectivity index (χ3v) is 5.76. The second kappa shape index (κ2) is 9.84. The summed E-state index contributed by atoms with van der Waals surface area (Å²) in [5.74, 6) is 0.172. The molecule has 3 aromatic heterocycles. The van der Waals surface area contributed by atoms with E-state index < -0.39 is 35.0 Å². The maximum absolute atomic E-state index is 13.6. The average Bonchev–Trinajstić information content (AvgIpc) is 2.84. The molecule has 5 N–H and O–H groups in total. The molecule has 0 aromatic carbocycles. The molecule has 3 aromatic rings. The Morgan fingerprint density at radius 1 is 1.00 bits per heavy atom. The lowest BCUT2D eigenvalue weighted by atomic mass is 10.1. The Balaban J connectivity index is 1.70. The first kappa shape index (κ1) is 26.1. The third-order valence-electron chi connectivity index (χ3n) is 5.76. The first-order valence-corrected chi connectivity index (χ1v) is 11.0. The Hall–Kier alpha value is -3.94. The van der Waals surface area contributed by atoms with Gasteiger partial charge < -0.3 is 21.7 Å². The lowest BCUT2D eigenvalue weighted by Gasteiger charge is -2.33. The fourth-order valence-corrected chi connectivity index (χ4v) is 3.87. The van der Waals surface area contributed by atoms with E-state index in [-0.39, 0.29) is 29.3 Å². The zero-order valence-corrected chi connectivity index (χ0v) is 19.2. The lowest BCUT2D eigenvalue weighted by Crippen LogP contribution is -2.40. The number of piperidine rings is 1. The van der Waals surface area contributed by atoms with Crippen LogP contribution in [0.4, 0.5) is 43.7 Å². The molecule has 4 heterocycles. The number of nitrogens with zero attached hydrogens (tertiary/aromatic N) is 5. The van der Waals surface area contributed by atoms with Crippen LogP contribution < -0.4 is 21.7 Å². The van der Waals surface area contributed by atoms with E-state index in [0.29, 0.717) is 25.0 Å². The fourth-order valence-electron chi connectivity index (χ4n) is 3.87. The average molecular weight is 524 g/mol. The summed E-state index contributed by atoms with van der Waals surface area (Å²) in [6.45, 7) is 5.22. The molecule has 0 spiro atoms. The van der Waals surface area contributed by atoms with E-state index >= 15 is 0 Å². The number of hydrogen-bond donors (Lipinski definition) is 3. The van der Waals surface area contributed by atoms with Gasteiger partial charge in [0.15, 0.2) is 11.6 Å². The molecule has 0 atom stereocenters. The van der Waals surface area contributed by atoms with Crippen molar-refractivity contribution < 1.29 is 26.3 Å². The van der Waals surface area contributed by atoms with Crippen LogP contribution in [0.25, 0.3) is 17.1 Å². The minimum Gasteiger partial charge on any atom is -0.382 e. The molecule has 0 unspecified atom stereocenters. The standard InChI is InChI=1S/C23H22F6N8/c1-12(34-21-16(3-2-8-32-21)37-9-6-13(30)7-10-37)18-20(31)33-11-15(35-18)19-14(22(24,25)26)4-5-17(36-19)23(27,28)29/h2-5,8,11,13H,1,6-7,9-10,30H2,(H2,31,33)(H,32,34). The predicted molar refractivity (Wildman–Crippen MR) is 126 cm³/mol. The van der Waals surface area contributed by atoms with Crippen molar-refractivity contribution in [1.82, 2.24) is 19.9 Å². The van der Waals surface area contributed by atoms with Gasteiger partial charge in [-0.05, 0) is 37.1 Å². The van der Waals surface area contributed by atoms with Gasteiger partial charge in [0.25, 0.3) is 0 Å². The van der Waals surface area contributed by atoms with E-state index in [1.807, 2.05) is 6.07 Å². The van der Waals surface area contributed by atoms with Gasteiger partial charge in [-0.25, -0.2) is 19.9 Å². The number of aromatic nitrogens is 4. The highest BCUT2D eigenvalue weighted by molar-refractivity contribution is 5.82. The van der Waals surface area contributed by atoms with Gasteiger partial charge in [-0.1, -0.05) is 6.58 Å². The van der Waals surface area contributed by atoms with Crippen molar-refractivity contribution in [3.05, 3.63) is 60.2 Å². The third kappa shape index (κ3) is 5.74. The number of anilines is 3. The first-order chi connectivity index (χ1) is 17.3. The van der Waals surface area contributed by atoms with Crippen LogP contribution in [-0.2, 0) is 12.4 Å². The number of alkyl halides is 6. The topological polar surface area (TPSA) is 119 Å². The van der Waals surface area contributed by atoms with Crippen molar-refractivity contribution in [2.24, 2.45) is 5.73 Å². The van der Waals surface area contributed by atoms with Crippen molar-refractivity contribution in [3.63, 3.8) is 0 Å². The number of halogens is 6.